The van der Waals surface area contributed by atoms with Crippen LogP contribution in [-0.4, -0.2) is 95.9 Å². The number of fused-ring (bicyclic) bond motifs is 1. The van der Waals surface area contributed by atoms with Gasteiger partial charge in [0.15, 0.2) is 17.7 Å². The molecular weight excluding hydrogens is 540 g/mol. The number of aryl methyl sites for hydroxylation is 1. The van der Waals surface area contributed by atoms with E-state index in [1.807, 2.05) is 13.2 Å². The van der Waals surface area contributed by atoms with E-state index < -0.39 is 46.7 Å². The Labute approximate surface area is 221 Å². The summed E-state index contributed by atoms with van der Waals surface area (Å²) in [6.45, 7) is 1.82. The zero-order chi connectivity index (χ0) is 28.2. The van der Waals surface area contributed by atoms with Crippen molar-refractivity contribution in [3.63, 3.8) is 0 Å². The number of carboxylic acid groups (broad SMARTS) is 1. The zero-order valence-corrected chi connectivity index (χ0v) is 22.2. The lowest BCUT2D eigenvalue weighted by Gasteiger charge is -2.16. The van der Waals surface area contributed by atoms with Crippen molar-refractivity contribution in [2.75, 3.05) is 23.5 Å². The fourth-order valence-corrected chi connectivity index (χ4v) is 5.80. The molecule has 0 radical (unpaired) electrons. The summed E-state index contributed by atoms with van der Waals surface area (Å²) in [5.74, 6) is 0.254. The van der Waals surface area contributed by atoms with E-state index in [1.165, 1.54) is 29.4 Å². The number of rotatable bonds is 8. The number of aliphatic hydroxyl groups excluding tert-OH is 2. The van der Waals surface area contributed by atoms with Crippen LogP contribution >= 0.6 is 0 Å². The molecule has 1 fully saturated rings. The fourth-order valence-electron chi connectivity index (χ4n) is 3.67. The second-order valence-corrected chi connectivity index (χ2v) is 12.5. The predicted molar refractivity (Wildman–Crippen MR) is 138 cm³/mol. The summed E-state index contributed by atoms with van der Waals surface area (Å²) in [4.78, 5) is 22.8. The SMILES string of the molecule is C[S+](CC[C@H](N)C(=O)O)C[C@H]1O[C@@H](n2cnc3c(N)ncnc32)[C@H](O)[C@@H]1O.Cc1ccc(S(=O)(=O)[O-])cc1. The molecule has 3 aromatic rings. The molecule has 0 saturated carbocycles. The summed E-state index contributed by atoms with van der Waals surface area (Å²) in [5.41, 5.74) is 13.0. The fraction of sp³-hybridized carbons (Fsp3) is 0.455. The number of hydrogen-bond donors (Lipinski definition) is 5. The number of carboxylic acids is 1. The van der Waals surface area contributed by atoms with Crippen LogP contribution in [0, 0.1) is 6.92 Å². The van der Waals surface area contributed by atoms with Crippen molar-refractivity contribution >= 4 is 44.0 Å². The summed E-state index contributed by atoms with van der Waals surface area (Å²) >= 11 is 0. The first-order chi connectivity index (χ1) is 17.8. The molecule has 1 aliphatic heterocycles. The first kappa shape index (κ1) is 29.7. The van der Waals surface area contributed by atoms with E-state index in [9.17, 15) is 28.0 Å². The highest BCUT2D eigenvalue weighted by Crippen LogP contribution is 2.32. The summed E-state index contributed by atoms with van der Waals surface area (Å²) in [5, 5.41) is 29.7. The van der Waals surface area contributed by atoms with Crippen LogP contribution in [0.2, 0.25) is 0 Å². The van der Waals surface area contributed by atoms with E-state index in [2.05, 4.69) is 15.0 Å². The number of nitrogens with two attached hydrogens (primary N) is 2. The van der Waals surface area contributed by atoms with Gasteiger partial charge in [0.2, 0.25) is 0 Å². The van der Waals surface area contributed by atoms with Gasteiger partial charge in [-0.05, 0) is 30.0 Å². The zero-order valence-electron chi connectivity index (χ0n) is 20.6. The van der Waals surface area contributed by atoms with E-state index in [1.54, 1.807) is 12.1 Å². The number of benzene rings is 1. The minimum Gasteiger partial charge on any atom is -0.744 e. The molecule has 1 aromatic carbocycles. The number of nitrogen functional groups attached to an aromatic ring is 1. The molecular formula is C22H30N6O8S2. The first-order valence-corrected chi connectivity index (χ1v) is 14.7. The average Bonchev–Trinajstić information content (AvgIpc) is 3.40. The third-order valence-corrected chi connectivity index (χ3v) is 8.53. The molecule has 2 aromatic heterocycles. The molecule has 38 heavy (non-hydrogen) atoms. The Kier molecular flexibility index (Phi) is 9.64. The molecule has 1 aliphatic rings. The van der Waals surface area contributed by atoms with Gasteiger partial charge in [0, 0.05) is 6.42 Å². The number of anilines is 1. The number of carbonyl (C=O) groups is 1. The van der Waals surface area contributed by atoms with Crippen LogP contribution in [0.15, 0.2) is 41.8 Å². The average molecular weight is 571 g/mol. The van der Waals surface area contributed by atoms with Gasteiger partial charge in [-0.2, -0.15) is 0 Å². The molecule has 4 rings (SSSR count). The van der Waals surface area contributed by atoms with Crippen LogP contribution in [0.5, 0.6) is 0 Å². The van der Waals surface area contributed by atoms with Crippen molar-refractivity contribution < 1.29 is 37.8 Å². The molecule has 0 bridgehead atoms. The molecule has 16 heteroatoms. The van der Waals surface area contributed by atoms with Crippen molar-refractivity contribution in [3.8, 4) is 0 Å². The Balaban J connectivity index is 0.000000304. The van der Waals surface area contributed by atoms with Gasteiger partial charge in [0.25, 0.3) is 0 Å². The van der Waals surface area contributed by atoms with E-state index in [0.29, 0.717) is 29.1 Å². The molecule has 208 valence electrons. The standard InChI is InChI=1S/C15H22N6O5S.C7H8O3S/c1-27(3-2-7(16)15(24)25)4-8-10(22)11(23)14(26-8)21-6-20-9-12(17)18-5-19-13(9)21;1-6-2-4-7(5-3-6)11(8,9)10/h5-8,10-11,14,22-23H,2-4,16H2,1H3,(H2-,17,18,19,24,25);2-5H,1H3,(H,8,9,10)/t7-,8+,10+,11+,14+,27?;/m0./s1. The summed E-state index contributed by atoms with van der Waals surface area (Å²) < 4.78 is 38.6. The van der Waals surface area contributed by atoms with Crippen molar-refractivity contribution in [3.05, 3.63) is 42.5 Å². The van der Waals surface area contributed by atoms with E-state index in [4.69, 9.17) is 21.3 Å². The minimum atomic E-state index is -4.27. The topological polar surface area (TPSA) is 240 Å². The molecule has 0 amide bonds. The maximum Gasteiger partial charge on any atom is 0.320 e. The highest BCUT2D eigenvalue weighted by Gasteiger charge is 2.46. The molecule has 0 spiro atoms. The number of nitrogens with zero attached hydrogens (tertiary/aromatic N) is 4. The number of aliphatic carboxylic acids is 1. The summed E-state index contributed by atoms with van der Waals surface area (Å²) in [7, 11) is -4.50. The lowest BCUT2D eigenvalue weighted by molar-refractivity contribution is -0.138. The quantitative estimate of drug-likeness (QED) is 0.161. The highest BCUT2D eigenvalue weighted by molar-refractivity contribution is 7.96. The van der Waals surface area contributed by atoms with Crippen molar-refractivity contribution in [2.45, 2.75) is 48.8 Å². The second kappa shape index (κ2) is 12.3. The summed E-state index contributed by atoms with van der Waals surface area (Å²) in [6.07, 6.45) is 1.31. The van der Waals surface area contributed by atoms with Gasteiger partial charge in [0.05, 0.1) is 17.5 Å². The molecule has 6 atom stereocenters. The number of aliphatic hydroxyl groups is 2. The molecule has 1 saturated heterocycles. The first-order valence-electron chi connectivity index (χ1n) is 11.3. The monoisotopic (exact) mass is 570 g/mol. The number of hydrogen-bond acceptors (Lipinski definition) is 12. The summed E-state index contributed by atoms with van der Waals surface area (Å²) in [6, 6.07) is 4.88. The minimum absolute atomic E-state index is 0.178. The van der Waals surface area contributed by atoms with Gasteiger partial charge >= 0.3 is 5.97 Å². The van der Waals surface area contributed by atoms with Gasteiger partial charge in [-0.25, -0.2) is 23.4 Å². The smallest absolute Gasteiger partial charge is 0.320 e. The maximum atomic E-state index is 10.8. The van der Waals surface area contributed by atoms with Crippen molar-refractivity contribution in [1.82, 2.24) is 19.5 Å². The molecule has 7 N–H and O–H groups in total. The van der Waals surface area contributed by atoms with E-state index >= 15 is 0 Å². The second-order valence-electron chi connectivity index (χ2n) is 8.78. The highest BCUT2D eigenvalue weighted by atomic mass is 32.2. The third kappa shape index (κ3) is 7.16. The Morgan fingerprint density at radius 2 is 1.87 bits per heavy atom. The van der Waals surface area contributed by atoms with E-state index in [0.717, 1.165) is 5.56 Å². The lowest BCUT2D eigenvalue weighted by Crippen LogP contribution is -2.37. The van der Waals surface area contributed by atoms with Crippen LogP contribution in [0.1, 0.15) is 18.2 Å². The molecule has 14 nitrogen and oxygen atoms in total. The Morgan fingerprint density at radius 3 is 2.47 bits per heavy atom. The van der Waals surface area contributed by atoms with Gasteiger partial charge in [-0.15, -0.1) is 0 Å². The van der Waals surface area contributed by atoms with Crippen LogP contribution < -0.4 is 11.5 Å². The lowest BCUT2D eigenvalue weighted by atomic mass is 10.1. The number of ether oxygens (including phenoxy) is 1. The predicted octanol–water partition coefficient (Wildman–Crippen LogP) is -1.02. The molecule has 1 unspecified atom stereocenters. The van der Waals surface area contributed by atoms with Crippen LogP contribution in [0.4, 0.5) is 5.82 Å². The largest absolute Gasteiger partial charge is 0.744 e. The van der Waals surface area contributed by atoms with Gasteiger partial charge in [-0.1, -0.05) is 17.7 Å². The third-order valence-electron chi connectivity index (χ3n) is 5.85. The van der Waals surface area contributed by atoms with Gasteiger partial charge in [-0.3, -0.25) is 9.36 Å². The van der Waals surface area contributed by atoms with Crippen LogP contribution in [0.3, 0.4) is 0 Å². The van der Waals surface area contributed by atoms with Crippen molar-refractivity contribution in [1.29, 1.82) is 0 Å². The van der Waals surface area contributed by atoms with Gasteiger partial charge < -0.3 is 36.1 Å². The van der Waals surface area contributed by atoms with Crippen molar-refractivity contribution in [2.24, 2.45) is 5.73 Å². The molecule has 0 aliphatic carbocycles. The number of aromatic nitrogens is 4. The van der Waals surface area contributed by atoms with Gasteiger partial charge in [0.1, 0.15) is 57.8 Å². The Morgan fingerprint density at radius 1 is 1.21 bits per heavy atom. The van der Waals surface area contributed by atoms with E-state index in [-0.39, 0.29) is 21.6 Å². The van der Waals surface area contributed by atoms with Crippen LogP contribution in [-0.2, 0) is 30.5 Å². The molecule has 3 heterocycles. The Bertz CT molecular complexity index is 1350. The Hall–Kier alpha value is -2.86. The maximum absolute atomic E-state index is 10.8. The van der Waals surface area contributed by atoms with Crippen LogP contribution in [0.25, 0.3) is 11.2 Å². The number of imidazole rings is 1. The normalized spacial score (nSPS) is 23.0.